The summed E-state index contributed by atoms with van der Waals surface area (Å²) in [5, 5.41) is 0. The summed E-state index contributed by atoms with van der Waals surface area (Å²) in [6.07, 6.45) is 0. The number of ether oxygens (including phenoxy) is 2. The van der Waals surface area contributed by atoms with Crippen LogP contribution in [0.4, 0.5) is 14.5 Å². The van der Waals surface area contributed by atoms with Crippen LogP contribution in [0.2, 0.25) is 0 Å². The summed E-state index contributed by atoms with van der Waals surface area (Å²) >= 11 is 0. The third kappa shape index (κ3) is 2.43. The Bertz CT molecular complexity index is 436. The van der Waals surface area contributed by atoms with Crippen LogP contribution in [0.25, 0.3) is 0 Å². The number of morpholine rings is 1. The summed E-state index contributed by atoms with van der Waals surface area (Å²) in [5.74, 6) is -2.84. The van der Waals surface area contributed by atoms with Gasteiger partial charge in [-0.2, -0.15) is 0 Å². The van der Waals surface area contributed by atoms with E-state index in [1.54, 1.807) is 4.90 Å². The minimum Gasteiger partial charge on any atom is -0.465 e. The minimum absolute atomic E-state index is 0.404. The van der Waals surface area contributed by atoms with Gasteiger partial charge >= 0.3 is 5.97 Å². The second kappa shape index (κ2) is 5.30. The van der Waals surface area contributed by atoms with Crippen LogP contribution in [-0.4, -0.2) is 39.4 Å². The molecule has 0 N–H and O–H groups in total. The molecule has 0 amide bonds. The van der Waals surface area contributed by atoms with Crippen molar-refractivity contribution >= 4 is 11.7 Å². The predicted molar refractivity (Wildman–Crippen MR) is 60.7 cm³/mol. The van der Waals surface area contributed by atoms with E-state index >= 15 is 0 Å². The van der Waals surface area contributed by atoms with E-state index in [1.165, 1.54) is 0 Å². The molecule has 1 fully saturated rings. The summed E-state index contributed by atoms with van der Waals surface area (Å²) in [7, 11) is 1.08. The van der Waals surface area contributed by atoms with Crippen LogP contribution in [0.3, 0.4) is 0 Å². The second-order valence-corrected chi connectivity index (χ2v) is 3.88. The Hall–Kier alpha value is -1.69. The molecule has 1 heterocycles. The Kier molecular flexibility index (Phi) is 3.76. The molecule has 0 spiro atoms. The Labute approximate surface area is 103 Å². The first kappa shape index (κ1) is 12.8. The van der Waals surface area contributed by atoms with Gasteiger partial charge in [0.05, 0.1) is 20.3 Å². The average Bonchev–Trinajstić information content (AvgIpc) is 2.38. The van der Waals surface area contributed by atoms with Crippen molar-refractivity contribution in [2.45, 2.75) is 0 Å². The first-order chi connectivity index (χ1) is 8.63. The fourth-order valence-corrected chi connectivity index (χ4v) is 1.86. The van der Waals surface area contributed by atoms with Crippen molar-refractivity contribution in [1.29, 1.82) is 0 Å². The van der Waals surface area contributed by atoms with E-state index < -0.39 is 23.2 Å². The van der Waals surface area contributed by atoms with Crippen LogP contribution < -0.4 is 4.90 Å². The Morgan fingerprint density at radius 1 is 1.28 bits per heavy atom. The van der Waals surface area contributed by atoms with Gasteiger partial charge in [0.15, 0.2) is 0 Å². The zero-order valence-electron chi connectivity index (χ0n) is 9.91. The molecule has 1 aliphatic heterocycles. The molecule has 18 heavy (non-hydrogen) atoms. The molecule has 1 saturated heterocycles. The maximum atomic E-state index is 13.7. The third-order valence-corrected chi connectivity index (χ3v) is 2.79. The van der Waals surface area contributed by atoms with Crippen LogP contribution in [-0.2, 0) is 9.47 Å². The molecule has 98 valence electrons. The number of carbonyl (C=O) groups excluding carboxylic acids is 1. The molecule has 0 bridgehead atoms. The van der Waals surface area contributed by atoms with Gasteiger partial charge in [-0.25, -0.2) is 13.6 Å². The highest BCUT2D eigenvalue weighted by molar-refractivity contribution is 5.90. The van der Waals surface area contributed by atoms with Crippen molar-refractivity contribution in [2.24, 2.45) is 0 Å². The van der Waals surface area contributed by atoms with Crippen LogP contribution in [0.1, 0.15) is 10.4 Å². The van der Waals surface area contributed by atoms with Gasteiger partial charge in [-0.05, 0) is 12.1 Å². The minimum atomic E-state index is -1.02. The lowest BCUT2D eigenvalue weighted by molar-refractivity contribution is 0.0590. The number of hydrogen-bond donors (Lipinski definition) is 0. The Morgan fingerprint density at radius 2 is 1.83 bits per heavy atom. The van der Waals surface area contributed by atoms with E-state index in [2.05, 4.69) is 4.74 Å². The number of nitrogens with zero attached hydrogens (tertiary/aromatic N) is 1. The SMILES string of the molecule is COC(=O)c1c(F)cc(N2CCOCC2)cc1F. The zero-order chi connectivity index (χ0) is 13.1. The van der Waals surface area contributed by atoms with Gasteiger partial charge in [0.25, 0.3) is 0 Å². The van der Waals surface area contributed by atoms with E-state index in [1.807, 2.05) is 0 Å². The van der Waals surface area contributed by atoms with Crippen molar-refractivity contribution < 1.29 is 23.0 Å². The molecule has 6 heteroatoms. The van der Waals surface area contributed by atoms with Gasteiger partial charge in [0, 0.05) is 18.8 Å². The maximum absolute atomic E-state index is 13.7. The predicted octanol–water partition coefficient (Wildman–Crippen LogP) is 1.59. The van der Waals surface area contributed by atoms with E-state index in [0.29, 0.717) is 32.0 Å². The first-order valence-electron chi connectivity index (χ1n) is 5.53. The van der Waals surface area contributed by atoms with Gasteiger partial charge in [0.1, 0.15) is 17.2 Å². The lowest BCUT2D eigenvalue weighted by Gasteiger charge is -2.29. The number of hydrogen-bond acceptors (Lipinski definition) is 4. The number of esters is 1. The number of methoxy groups -OCH3 is 1. The van der Waals surface area contributed by atoms with Crippen LogP contribution >= 0.6 is 0 Å². The lowest BCUT2D eigenvalue weighted by Crippen LogP contribution is -2.36. The number of anilines is 1. The van der Waals surface area contributed by atoms with Crippen LogP contribution in [0, 0.1) is 11.6 Å². The molecular formula is C12H13F2NO3. The highest BCUT2D eigenvalue weighted by Gasteiger charge is 2.21. The normalized spacial score (nSPS) is 15.6. The zero-order valence-corrected chi connectivity index (χ0v) is 9.91. The molecule has 0 radical (unpaired) electrons. The number of rotatable bonds is 2. The van der Waals surface area contributed by atoms with E-state index in [4.69, 9.17) is 4.74 Å². The summed E-state index contributed by atoms with van der Waals surface area (Å²) in [6.45, 7) is 2.16. The smallest absolute Gasteiger partial charge is 0.343 e. The topological polar surface area (TPSA) is 38.8 Å². The standard InChI is InChI=1S/C12H13F2NO3/c1-17-12(16)11-9(13)6-8(7-10(11)14)15-2-4-18-5-3-15/h6-7H,2-5H2,1H3. The number of carbonyl (C=O) groups is 1. The van der Waals surface area contributed by atoms with Gasteiger partial charge in [-0.1, -0.05) is 0 Å². The maximum Gasteiger partial charge on any atom is 0.343 e. The molecule has 2 rings (SSSR count). The average molecular weight is 257 g/mol. The lowest BCUT2D eigenvalue weighted by atomic mass is 10.1. The number of halogens is 2. The molecule has 1 aromatic rings. The highest BCUT2D eigenvalue weighted by Crippen LogP contribution is 2.23. The fraction of sp³-hybridized carbons (Fsp3) is 0.417. The van der Waals surface area contributed by atoms with Crippen molar-refractivity contribution in [3.63, 3.8) is 0 Å². The quantitative estimate of drug-likeness (QED) is 0.754. The van der Waals surface area contributed by atoms with Crippen molar-refractivity contribution in [1.82, 2.24) is 0 Å². The molecule has 0 aliphatic carbocycles. The Morgan fingerprint density at radius 3 is 2.33 bits per heavy atom. The molecular weight excluding hydrogens is 244 g/mol. The van der Waals surface area contributed by atoms with Crippen molar-refractivity contribution in [3.05, 3.63) is 29.3 Å². The van der Waals surface area contributed by atoms with Crippen molar-refractivity contribution in [2.75, 3.05) is 38.3 Å². The van der Waals surface area contributed by atoms with Crippen molar-refractivity contribution in [3.8, 4) is 0 Å². The Balaban J connectivity index is 2.32. The summed E-state index contributed by atoms with van der Waals surface area (Å²) in [5.41, 5.74) is -0.254. The highest BCUT2D eigenvalue weighted by atomic mass is 19.1. The second-order valence-electron chi connectivity index (χ2n) is 3.88. The first-order valence-corrected chi connectivity index (χ1v) is 5.53. The summed E-state index contributed by atoms with van der Waals surface area (Å²) < 4.78 is 36.9. The van der Waals surface area contributed by atoms with Gasteiger partial charge in [0.2, 0.25) is 0 Å². The fourth-order valence-electron chi connectivity index (χ4n) is 1.86. The molecule has 4 nitrogen and oxygen atoms in total. The molecule has 0 unspecified atom stereocenters. The third-order valence-electron chi connectivity index (χ3n) is 2.79. The molecule has 1 aromatic carbocycles. The van der Waals surface area contributed by atoms with Gasteiger partial charge in [-0.15, -0.1) is 0 Å². The van der Waals surface area contributed by atoms with E-state index in [0.717, 1.165) is 19.2 Å². The van der Waals surface area contributed by atoms with Crippen LogP contribution in [0.15, 0.2) is 12.1 Å². The van der Waals surface area contributed by atoms with Gasteiger partial charge in [-0.3, -0.25) is 0 Å². The molecule has 0 saturated carbocycles. The van der Waals surface area contributed by atoms with E-state index in [-0.39, 0.29) is 0 Å². The molecule has 0 atom stereocenters. The van der Waals surface area contributed by atoms with E-state index in [9.17, 15) is 13.6 Å². The summed E-state index contributed by atoms with van der Waals surface area (Å²) in [4.78, 5) is 13.0. The number of benzene rings is 1. The van der Waals surface area contributed by atoms with Gasteiger partial charge < -0.3 is 14.4 Å². The van der Waals surface area contributed by atoms with Crippen LogP contribution in [0.5, 0.6) is 0 Å². The summed E-state index contributed by atoms with van der Waals surface area (Å²) in [6, 6.07) is 2.28. The molecule has 1 aliphatic rings. The monoisotopic (exact) mass is 257 g/mol. The molecule has 0 aromatic heterocycles. The largest absolute Gasteiger partial charge is 0.465 e.